The summed E-state index contributed by atoms with van der Waals surface area (Å²) in [6, 6.07) is 24.0. The summed E-state index contributed by atoms with van der Waals surface area (Å²) in [5.41, 5.74) is 4.13. The predicted octanol–water partition coefficient (Wildman–Crippen LogP) is 4.04. The summed E-state index contributed by atoms with van der Waals surface area (Å²) in [7, 11) is 0. The highest BCUT2D eigenvalue weighted by Gasteiger charge is 2.12. The number of aryl methyl sites for hydroxylation is 1. The fourth-order valence-electron chi connectivity index (χ4n) is 3.38. The smallest absolute Gasteiger partial charge is 0.272 e. The number of rotatable bonds is 10. The van der Waals surface area contributed by atoms with E-state index in [-0.39, 0.29) is 24.0 Å². The first kappa shape index (κ1) is 24.6. The first-order chi connectivity index (χ1) is 16.4. The molecule has 0 aliphatic carbocycles. The van der Waals surface area contributed by atoms with Crippen LogP contribution in [0.3, 0.4) is 0 Å². The first-order valence-corrected chi connectivity index (χ1v) is 11.1. The number of Topliss-reactive ketones (excluding diaryl/α,β-unsaturated/α-hetero) is 1. The van der Waals surface area contributed by atoms with E-state index in [9.17, 15) is 14.4 Å². The lowest BCUT2D eigenvalue weighted by atomic mass is 10.0. The normalized spacial score (nSPS) is 11.1. The second-order valence-corrected chi connectivity index (χ2v) is 7.99. The van der Waals surface area contributed by atoms with Crippen molar-refractivity contribution < 1.29 is 19.5 Å². The highest BCUT2D eigenvalue weighted by atomic mass is 16.3. The minimum atomic E-state index is -0.465. The van der Waals surface area contributed by atoms with Gasteiger partial charge in [-0.25, -0.2) is 0 Å². The quantitative estimate of drug-likeness (QED) is 0.401. The zero-order chi connectivity index (χ0) is 24.3. The van der Waals surface area contributed by atoms with Gasteiger partial charge in [-0.1, -0.05) is 66.7 Å². The molecule has 0 spiro atoms. The maximum absolute atomic E-state index is 12.8. The van der Waals surface area contributed by atoms with E-state index in [1.54, 1.807) is 42.5 Å². The van der Waals surface area contributed by atoms with Crippen LogP contribution in [0.15, 0.2) is 84.6 Å². The molecule has 3 aromatic carbocycles. The molecular formula is C28H28N2O4. The van der Waals surface area contributed by atoms with E-state index in [2.05, 4.69) is 10.6 Å². The average molecular weight is 457 g/mol. The Kier molecular flexibility index (Phi) is 8.88. The molecule has 6 heteroatoms. The maximum atomic E-state index is 12.8. The number of ketones is 1. The lowest BCUT2D eigenvalue weighted by Gasteiger charge is -2.11. The summed E-state index contributed by atoms with van der Waals surface area (Å²) >= 11 is 0. The maximum Gasteiger partial charge on any atom is 0.272 e. The standard InChI is InChI=1S/C28H28N2O4/c1-20(32)29-27(18-23-7-9-24(19-31)10-8-23)28(34)30-25-14-11-22(12-15-25)17-26(33)16-13-21-5-3-2-4-6-21/h2-12,14-15,18,31H,13,16-17,19H2,1H3,(H,29,32)(H,30,34)/b27-18-. The second kappa shape index (κ2) is 12.3. The molecule has 0 saturated heterocycles. The van der Waals surface area contributed by atoms with Crippen LogP contribution < -0.4 is 10.6 Å². The Morgan fingerprint density at radius 3 is 2.09 bits per heavy atom. The molecule has 3 rings (SSSR count). The molecule has 0 aliphatic heterocycles. The molecular weight excluding hydrogens is 428 g/mol. The second-order valence-electron chi connectivity index (χ2n) is 7.99. The lowest BCUT2D eigenvalue weighted by molar-refractivity contribution is -0.120. The number of aliphatic hydroxyl groups excluding tert-OH is 1. The molecule has 0 aliphatic rings. The summed E-state index contributed by atoms with van der Waals surface area (Å²) in [5.74, 6) is -0.672. The van der Waals surface area contributed by atoms with Gasteiger partial charge in [0.2, 0.25) is 5.91 Å². The van der Waals surface area contributed by atoms with Crippen LogP contribution in [0.4, 0.5) is 5.69 Å². The van der Waals surface area contributed by atoms with E-state index in [4.69, 9.17) is 5.11 Å². The largest absolute Gasteiger partial charge is 0.392 e. The number of benzene rings is 3. The molecule has 34 heavy (non-hydrogen) atoms. The number of carbonyl (C=O) groups is 3. The number of amides is 2. The van der Waals surface area contributed by atoms with Crippen molar-refractivity contribution in [1.29, 1.82) is 0 Å². The zero-order valence-corrected chi connectivity index (χ0v) is 19.1. The average Bonchev–Trinajstić information content (AvgIpc) is 2.84. The molecule has 0 bridgehead atoms. The van der Waals surface area contributed by atoms with Crippen LogP contribution in [0.2, 0.25) is 0 Å². The zero-order valence-electron chi connectivity index (χ0n) is 19.1. The van der Waals surface area contributed by atoms with Gasteiger partial charge in [0.15, 0.2) is 0 Å². The number of hydrogen-bond donors (Lipinski definition) is 3. The molecule has 0 aromatic heterocycles. The van der Waals surface area contributed by atoms with Gasteiger partial charge in [0.05, 0.1) is 6.61 Å². The van der Waals surface area contributed by atoms with Gasteiger partial charge in [-0.2, -0.15) is 0 Å². The van der Waals surface area contributed by atoms with Gasteiger partial charge in [0.1, 0.15) is 11.5 Å². The van der Waals surface area contributed by atoms with Gasteiger partial charge < -0.3 is 15.7 Å². The fourth-order valence-corrected chi connectivity index (χ4v) is 3.38. The van der Waals surface area contributed by atoms with Crippen LogP contribution >= 0.6 is 0 Å². The van der Waals surface area contributed by atoms with Crippen molar-refractivity contribution in [2.24, 2.45) is 0 Å². The molecule has 0 saturated carbocycles. The van der Waals surface area contributed by atoms with Crippen molar-refractivity contribution in [2.75, 3.05) is 5.32 Å². The Bertz CT molecular complexity index is 1150. The van der Waals surface area contributed by atoms with Gasteiger partial charge in [0, 0.05) is 25.5 Å². The minimum absolute atomic E-state index is 0.0718. The summed E-state index contributed by atoms with van der Waals surface area (Å²) in [5, 5.41) is 14.5. The topological polar surface area (TPSA) is 95.5 Å². The molecule has 6 nitrogen and oxygen atoms in total. The molecule has 3 aromatic rings. The van der Waals surface area contributed by atoms with E-state index in [0.717, 1.165) is 23.1 Å². The van der Waals surface area contributed by atoms with Crippen LogP contribution in [0.25, 0.3) is 6.08 Å². The van der Waals surface area contributed by atoms with Crippen molar-refractivity contribution in [1.82, 2.24) is 5.32 Å². The van der Waals surface area contributed by atoms with Crippen LogP contribution in [0, 0.1) is 0 Å². The van der Waals surface area contributed by atoms with Gasteiger partial charge >= 0.3 is 0 Å². The number of aliphatic hydroxyl groups is 1. The van der Waals surface area contributed by atoms with Crippen molar-refractivity contribution in [2.45, 2.75) is 32.8 Å². The Morgan fingerprint density at radius 2 is 1.47 bits per heavy atom. The third-order valence-corrected chi connectivity index (χ3v) is 5.18. The lowest BCUT2D eigenvalue weighted by Crippen LogP contribution is -2.28. The van der Waals surface area contributed by atoms with Gasteiger partial charge in [-0.05, 0) is 46.9 Å². The van der Waals surface area contributed by atoms with E-state index in [1.165, 1.54) is 6.92 Å². The third-order valence-electron chi connectivity index (χ3n) is 5.18. The van der Waals surface area contributed by atoms with Crippen molar-refractivity contribution >= 4 is 29.4 Å². The van der Waals surface area contributed by atoms with Gasteiger partial charge in [-0.15, -0.1) is 0 Å². The van der Waals surface area contributed by atoms with Crippen molar-refractivity contribution in [3.05, 3.63) is 107 Å². The molecule has 0 atom stereocenters. The summed E-state index contributed by atoms with van der Waals surface area (Å²) in [6.45, 7) is 1.26. The van der Waals surface area contributed by atoms with Crippen LogP contribution in [-0.4, -0.2) is 22.7 Å². The van der Waals surface area contributed by atoms with Crippen LogP contribution in [0.5, 0.6) is 0 Å². The molecule has 3 N–H and O–H groups in total. The number of carbonyl (C=O) groups excluding carboxylic acids is 3. The number of anilines is 1. The third kappa shape index (κ3) is 7.83. The summed E-state index contributed by atoms with van der Waals surface area (Å²) in [4.78, 5) is 36.7. The number of hydrogen-bond acceptors (Lipinski definition) is 4. The Balaban J connectivity index is 1.60. The molecule has 0 fully saturated rings. The van der Waals surface area contributed by atoms with Gasteiger partial charge in [-0.3, -0.25) is 14.4 Å². The summed E-state index contributed by atoms with van der Waals surface area (Å²) < 4.78 is 0. The highest BCUT2D eigenvalue weighted by molar-refractivity contribution is 6.08. The van der Waals surface area contributed by atoms with E-state index < -0.39 is 5.91 Å². The SMILES string of the molecule is CC(=O)N/C(=C\c1ccc(CO)cc1)C(=O)Nc1ccc(CC(=O)CCc2ccccc2)cc1. The Morgan fingerprint density at radius 1 is 0.824 bits per heavy atom. The minimum Gasteiger partial charge on any atom is -0.392 e. The van der Waals surface area contributed by atoms with E-state index >= 15 is 0 Å². The van der Waals surface area contributed by atoms with E-state index in [0.29, 0.717) is 24.1 Å². The summed E-state index contributed by atoms with van der Waals surface area (Å²) in [6.07, 6.45) is 3.10. The molecule has 2 amide bonds. The van der Waals surface area contributed by atoms with E-state index in [1.807, 2.05) is 42.5 Å². The van der Waals surface area contributed by atoms with Gasteiger partial charge in [0.25, 0.3) is 5.91 Å². The molecule has 0 heterocycles. The van der Waals surface area contributed by atoms with Crippen molar-refractivity contribution in [3.8, 4) is 0 Å². The monoisotopic (exact) mass is 456 g/mol. The highest BCUT2D eigenvalue weighted by Crippen LogP contribution is 2.14. The fraction of sp³-hybridized carbons (Fsp3) is 0.179. The first-order valence-electron chi connectivity index (χ1n) is 11.1. The molecule has 0 radical (unpaired) electrons. The van der Waals surface area contributed by atoms with Crippen molar-refractivity contribution in [3.63, 3.8) is 0 Å². The molecule has 0 unspecified atom stereocenters. The molecule has 174 valence electrons. The number of nitrogens with one attached hydrogen (secondary N) is 2. The predicted molar refractivity (Wildman–Crippen MR) is 133 cm³/mol. The van der Waals surface area contributed by atoms with Crippen LogP contribution in [-0.2, 0) is 33.8 Å². The van der Waals surface area contributed by atoms with Crippen LogP contribution in [0.1, 0.15) is 35.6 Å². The Labute approximate surface area is 199 Å². The Hall–Kier alpha value is -4.03.